The molecule has 0 saturated heterocycles. The number of carbonyl (C=O) groups is 1. The number of aliphatic hydroxyl groups excluding tert-OH is 2. The molecule has 0 amide bonds. The third-order valence-electron chi connectivity index (χ3n) is 6.93. The summed E-state index contributed by atoms with van der Waals surface area (Å²) < 4.78 is 0. The highest BCUT2D eigenvalue weighted by Gasteiger charge is 2.43. The number of aliphatic hydroxyl groups is 2. The van der Waals surface area contributed by atoms with Crippen molar-refractivity contribution < 1.29 is 20.1 Å². The second-order valence-electron chi connectivity index (χ2n) is 9.40. The lowest BCUT2D eigenvalue weighted by molar-refractivity contribution is -0.137. The topological polar surface area (TPSA) is 127 Å². The Morgan fingerprint density at radius 1 is 1.24 bits per heavy atom. The molecule has 1 aromatic carbocycles. The molecule has 0 heterocycles. The van der Waals surface area contributed by atoms with Crippen LogP contribution in [0.3, 0.4) is 0 Å². The van der Waals surface area contributed by atoms with Crippen molar-refractivity contribution in [1.29, 1.82) is 0 Å². The zero-order valence-corrected chi connectivity index (χ0v) is 19.1. The zero-order valence-electron chi connectivity index (χ0n) is 19.1. The van der Waals surface area contributed by atoms with Gasteiger partial charge in [-0.15, -0.1) is 0 Å². The number of benzene rings is 1. The first-order chi connectivity index (χ1) is 16.0. The van der Waals surface area contributed by atoms with Crippen LogP contribution in [0.5, 0.6) is 0 Å². The van der Waals surface area contributed by atoms with Gasteiger partial charge in [-0.3, -0.25) is 4.79 Å². The van der Waals surface area contributed by atoms with Crippen molar-refractivity contribution >= 4 is 11.7 Å². The summed E-state index contributed by atoms with van der Waals surface area (Å²) in [6, 6.07) is 7.57. The van der Waals surface area contributed by atoms with Crippen LogP contribution in [0.15, 0.2) is 53.2 Å². The Morgan fingerprint density at radius 3 is 2.85 bits per heavy atom. The van der Waals surface area contributed by atoms with E-state index in [1.54, 1.807) is 6.07 Å². The molecule has 0 unspecified atom stereocenters. The first-order valence-electron chi connectivity index (χ1n) is 12.1. The SMILES string of the molecule is [N-]=[N+]=Nc1cccc(CCCC[C@H](O)C=C[C@@H]2[C@H]3CC(CCCCC(=O)O)=C[C@@H]3C[C@H]2O)c1. The highest BCUT2D eigenvalue weighted by Crippen LogP contribution is 2.48. The fourth-order valence-electron chi connectivity index (χ4n) is 5.28. The van der Waals surface area contributed by atoms with Crippen molar-refractivity contribution in [2.45, 2.75) is 76.4 Å². The highest BCUT2D eigenvalue weighted by atomic mass is 16.4. The van der Waals surface area contributed by atoms with Crippen LogP contribution in [0.1, 0.15) is 63.4 Å². The van der Waals surface area contributed by atoms with Gasteiger partial charge < -0.3 is 15.3 Å². The second-order valence-corrected chi connectivity index (χ2v) is 9.40. The quantitative estimate of drug-likeness (QED) is 0.114. The van der Waals surface area contributed by atoms with Crippen molar-refractivity contribution in [3.63, 3.8) is 0 Å². The molecule has 33 heavy (non-hydrogen) atoms. The summed E-state index contributed by atoms with van der Waals surface area (Å²) in [5, 5.41) is 33.3. The molecule has 3 rings (SSSR count). The summed E-state index contributed by atoms with van der Waals surface area (Å²) in [6.45, 7) is 0. The van der Waals surface area contributed by atoms with E-state index >= 15 is 0 Å². The maximum Gasteiger partial charge on any atom is 0.303 e. The molecule has 7 nitrogen and oxygen atoms in total. The van der Waals surface area contributed by atoms with Gasteiger partial charge in [0, 0.05) is 22.9 Å². The Hall–Kier alpha value is -2.60. The smallest absolute Gasteiger partial charge is 0.303 e. The van der Waals surface area contributed by atoms with Crippen LogP contribution in [0.2, 0.25) is 0 Å². The van der Waals surface area contributed by atoms with Gasteiger partial charge >= 0.3 is 5.97 Å². The summed E-state index contributed by atoms with van der Waals surface area (Å²) >= 11 is 0. The van der Waals surface area contributed by atoms with E-state index in [0.29, 0.717) is 30.4 Å². The number of allylic oxidation sites excluding steroid dienone is 2. The van der Waals surface area contributed by atoms with Crippen molar-refractivity contribution in [3.05, 3.63) is 64.1 Å². The average molecular weight is 454 g/mol. The molecule has 0 aromatic heterocycles. The summed E-state index contributed by atoms with van der Waals surface area (Å²) in [5.74, 6) is 0.114. The van der Waals surface area contributed by atoms with Crippen LogP contribution in [-0.2, 0) is 11.2 Å². The summed E-state index contributed by atoms with van der Waals surface area (Å²) in [5.41, 5.74) is 11.7. The average Bonchev–Trinajstić information content (AvgIpc) is 3.29. The Balaban J connectivity index is 1.39. The van der Waals surface area contributed by atoms with E-state index in [1.165, 1.54) is 5.57 Å². The number of unbranched alkanes of at least 4 members (excludes halogenated alkanes) is 2. The Bertz CT molecular complexity index is 907. The van der Waals surface area contributed by atoms with Gasteiger partial charge in [0.2, 0.25) is 0 Å². The number of carboxylic acid groups (broad SMARTS) is 1. The van der Waals surface area contributed by atoms with Crippen LogP contribution < -0.4 is 0 Å². The van der Waals surface area contributed by atoms with Gasteiger partial charge in [0.1, 0.15) is 0 Å². The lowest BCUT2D eigenvalue weighted by Crippen LogP contribution is -2.18. The molecule has 3 N–H and O–H groups in total. The third-order valence-corrected chi connectivity index (χ3v) is 6.93. The Morgan fingerprint density at radius 2 is 2.06 bits per heavy atom. The fourth-order valence-corrected chi connectivity index (χ4v) is 5.28. The van der Waals surface area contributed by atoms with Crippen molar-refractivity contribution in [1.82, 2.24) is 0 Å². The Kier molecular flexibility index (Phi) is 9.55. The molecule has 2 aliphatic carbocycles. The lowest BCUT2D eigenvalue weighted by atomic mass is 9.88. The van der Waals surface area contributed by atoms with Gasteiger partial charge in [-0.05, 0) is 80.4 Å². The van der Waals surface area contributed by atoms with Crippen molar-refractivity contribution in [2.75, 3.05) is 0 Å². The van der Waals surface area contributed by atoms with Gasteiger partial charge in [0.25, 0.3) is 0 Å². The molecule has 1 saturated carbocycles. The molecular formula is C26H35N3O4. The van der Waals surface area contributed by atoms with Crippen molar-refractivity contribution in [3.8, 4) is 0 Å². The van der Waals surface area contributed by atoms with E-state index < -0.39 is 12.1 Å². The highest BCUT2D eigenvalue weighted by molar-refractivity contribution is 5.66. The molecule has 7 heteroatoms. The largest absolute Gasteiger partial charge is 0.481 e. The molecule has 0 spiro atoms. The summed E-state index contributed by atoms with van der Waals surface area (Å²) in [4.78, 5) is 13.5. The monoisotopic (exact) mass is 453 g/mol. The number of rotatable bonds is 13. The molecule has 0 aliphatic heterocycles. The van der Waals surface area contributed by atoms with Crippen LogP contribution >= 0.6 is 0 Å². The normalized spacial score (nSPS) is 25.0. The van der Waals surface area contributed by atoms with E-state index in [0.717, 1.165) is 50.5 Å². The lowest BCUT2D eigenvalue weighted by Gasteiger charge is -2.19. The van der Waals surface area contributed by atoms with Gasteiger partial charge in [0.15, 0.2) is 0 Å². The molecule has 0 radical (unpaired) electrons. The predicted molar refractivity (Wildman–Crippen MR) is 128 cm³/mol. The first-order valence-corrected chi connectivity index (χ1v) is 12.1. The number of nitrogens with zero attached hydrogens (tertiary/aromatic N) is 3. The minimum absolute atomic E-state index is 0.0702. The number of hydrogen-bond donors (Lipinski definition) is 3. The first kappa shape index (κ1) is 25.0. The van der Waals surface area contributed by atoms with E-state index in [1.807, 2.05) is 30.4 Å². The predicted octanol–water partition coefficient (Wildman–Crippen LogP) is 5.85. The number of azide groups is 1. The minimum atomic E-state index is -0.737. The van der Waals surface area contributed by atoms with E-state index in [2.05, 4.69) is 16.1 Å². The summed E-state index contributed by atoms with van der Waals surface area (Å²) in [7, 11) is 0. The molecule has 5 atom stereocenters. The molecule has 2 aliphatic rings. The van der Waals surface area contributed by atoms with E-state index in [-0.39, 0.29) is 18.4 Å². The number of fused-ring (bicyclic) bond motifs is 1. The second kappa shape index (κ2) is 12.6. The Labute approximate surface area is 195 Å². The fraction of sp³-hybridized carbons (Fsp3) is 0.577. The van der Waals surface area contributed by atoms with Crippen LogP contribution in [-0.4, -0.2) is 33.5 Å². The standard InChI is InChI=1S/C26H35N3O4/c27-29-28-21-9-5-8-18(15-21)6-1-3-10-22(30)12-13-23-24-16-19(7-2-4-11-26(32)33)14-20(24)17-25(23)31/h5,8-9,12-15,20,22-25,30-31H,1-4,6-7,10-11,16-17H2,(H,32,33)/t20-,22+,23-,24+,25-/m1/s1. The van der Waals surface area contributed by atoms with Gasteiger partial charge in [0.05, 0.1) is 12.2 Å². The third kappa shape index (κ3) is 7.74. The maximum absolute atomic E-state index is 10.7. The maximum atomic E-state index is 10.7. The van der Waals surface area contributed by atoms with Gasteiger partial charge in [-0.2, -0.15) is 0 Å². The number of hydrogen-bond acceptors (Lipinski definition) is 4. The molecule has 1 aromatic rings. The summed E-state index contributed by atoms with van der Waals surface area (Å²) in [6.07, 6.45) is 13.2. The molecule has 178 valence electrons. The molecule has 1 fully saturated rings. The minimum Gasteiger partial charge on any atom is -0.481 e. The number of aliphatic carboxylic acids is 1. The van der Waals surface area contributed by atoms with Crippen LogP contribution in [0, 0.1) is 17.8 Å². The zero-order chi connectivity index (χ0) is 23.6. The molecular weight excluding hydrogens is 418 g/mol. The number of carboxylic acids is 1. The van der Waals surface area contributed by atoms with Crippen LogP contribution in [0.4, 0.5) is 5.69 Å². The van der Waals surface area contributed by atoms with E-state index in [9.17, 15) is 15.0 Å². The van der Waals surface area contributed by atoms with Crippen LogP contribution in [0.25, 0.3) is 10.4 Å². The molecule has 0 bridgehead atoms. The van der Waals surface area contributed by atoms with Crippen molar-refractivity contribution in [2.24, 2.45) is 22.9 Å². The van der Waals surface area contributed by atoms with Gasteiger partial charge in [-0.1, -0.05) is 53.5 Å². The number of aryl methyl sites for hydroxylation is 1. The van der Waals surface area contributed by atoms with Gasteiger partial charge in [-0.25, -0.2) is 0 Å². The van der Waals surface area contributed by atoms with E-state index in [4.69, 9.17) is 10.6 Å².